The highest BCUT2D eigenvalue weighted by atomic mass is 19.1. The van der Waals surface area contributed by atoms with Gasteiger partial charge >= 0.3 is 0 Å². The predicted octanol–water partition coefficient (Wildman–Crippen LogP) is 4.72. The maximum atomic E-state index is 13.1. The number of nitrogens with zero attached hydrogens (tertiary/aromatic N) is 2. The summed E-state index contributed by atoms with van der Waals surface area (Å²) >= 11 is 0. The van der Waals surface area contributed by atoms with Crippen LogP contribution in [0.5, 0.6) is 0 Å². The molecule has 2 N–H and O–H groups in total. The summed E-state index contributed by atoms with van der Waals surface area (Å²) in [5.74, 6) is 0.927. The second-order valence-corrected chi connectivity index (χ2v) is 6.29. The molecule has 0 amide bonds. The van der Waals surface area contributed by atoms with Crippen molar-refractivity contribution in [3.8, 4) is 11.1 Å². The fraction of sp³-hybridized carbons (Fsp3) is 0.300. The molecular weight excluding hydrogens is 315 g/mol. The lowest BCUT2D eigenvalue weighted by Crippen LogP contribution is -2.18. The summed E-state index contributed by atoms with van der Waals surface area (Å²) in [4.78, 5) is 8.78. The van der Waals surface area contributed by atoms with E-state index in [1.165, 1.54) is 0 Å². The van der Waals surface area contributed by atoms with Crippen LogP contribution < -0.4 is 10.6 Å². The Morgan fingerprint density at radius 1 is 1.20 bits per heavy atom. The standard InChI is InChI=1S/C20H23FN4/c1-3-22-19-10-16(7-4-14(19)2)17-12-24-20(25-13-17)23-11-15-5-8-18(21)9-6-15/h3-5,7-8,10,12-13,15,18,22H,1,6,9,11H2,2H3,(H,23,24,25)/t15?,18-/m1/s1. The molecule has 5 heteroatoms. The Morgan fingerprint density at radius 2 is 2.00 bits per heavy atom. The molecular formula is C20H23FN4. The van der Waals surface area contributed by atoms with Crippen LogP contribution in [0.4, 0.5) is 16.0 Å². The molecule has 4 nitrogen and oxygen atoms in total. The van der Waals surface area contributed by atoms with Crippen LogP contribution in [-0.4, -0.2) is 22.7 Å². The molecule has 0 saturated heterocycles. The largest absolute Gasteiger partial charge is 0.362 e. The Labute approximate surface area is 147 Å². The van der Waals surface area contributed by atoms with E-state index >= 15 is 0 Å². The van der Waals surface area contributed by atoms with Crippen LogP contribution in [0.3, 0.4) is 0 Å². The number of allylic oxidation sites excluding steroid dienone is 1. The van der Waals surface area contributed by atoms with Gasteiger partial charge in [-0.3, -0.25) is 0 Å². The van der Waals surface area contributed by atoms with Crippen molar-refractivity contribution in [1.29, 1.82) is 0 Å². The molecule has 1 aliphatic carbocycles. The topological polar surface area (TPSA) is 49.8 Å². The van der Waals surface area contributed by atoms with E-state index in [4.69, 9.17) is 0 Å². The first-order valence-corrected chi connectivity index (χ1v) is 8.52. The highest BCUT2D eigenvalue weighted by Gasteiger charge is 2.14. The van der Waals surface area contributed by atoms with Crippen LogP contribution in [0.15, 0.2) is 55.5 Å². The highest BCUT2D eigenvalue weighted by Crippen LogP contribution is 2.25. The van der Waals surface area contributed by atoms with E-state index in [0.29, 0.717) is 18.3 Å². The molecule has 0 radical (unpaired) electrons. The van der Waals surface area contributed by atoms with Crippen molar-refractivity contribution >= 4 is 11.6 Å². The maximum absolute atomic E-state index is 13.1. The van der Waals surface area contributed by atoms with Gasteiger partial charge in [-0.2, -0.15) is 0 Å². The molecule has 1 aromatic carbocycles. The van der Waals surface area contributed by atoms with Crippen molar-refractivity contribution in [3.63, 3.8) is 0 Å². The maximum Gasteiger partial charge on any atom is 0.222 e. The molecule has 0 bridgehead atoms. The molecule has 1 aliphatic rings. The first kappa shape index (κ1) is 17.1. The van der Waals surface area contributed by atoms with Crippen molar-refractivity contribution in [2.45, 2.75) is 25.9 Å². The zero-order valence-electron chi connectivity index (χ0n) is 14.4. The number of halogens is 1. The average molecular weight is 338 g/mol. The van der Waals surface area contributed by atoms with Gasteiger partial charge in [0.15, 0.2) is 0 Å². The molecule has 2 aromatic rings. The summed E-state index contributed by atoms with van der Waals surface area (Å²) in [6.45, 7) is 6.47. The van der Waals surface area contributed by atoms with E-state index in [9.17, 15) is 4.39 Å². The molecule has 0 fully saturated rings. The minimum atomic E-state index is -0.790. The van der Waals surface area contributed by atoms with Crippen LogP contribution in [-0.2, 0) is 0 Å². The minimum Gasteiger partial charge on any atom is -0.362 e. The van der Waals surface area contributed by atoms with Gasteiger partial charge in [-0.1, -0.05) is 30.9 Å². The number of aromatic nitrogens is 2. The lowest BCUT2D eigenvalue weighted by atomic mass is 9.95. The summed E-state index contributed by atoms with van der Waals surface area (Å²) in [6, 6.07) is 6.17. The smallest absolute Gasteiger partial charge is 0.222 e. The average Bonchev–Trinajstić information content (AvgIpc) is 2.64. The summed E-state index contributed by atoms with van der Waals surface area (Å²) in [7, 11) is 0. The molecule has 3 rings (SSSR count). The summed E-state index contributed by atoms with van der Waals surface area (Å²) < 4.78 is 13.1. The number of hydrogen-bond acceptors (Lipinski definition) is 4. The van der Waals surface area contributed by atoms with E-state index in [2.05, 4.69) is 45.4 Å². The number of nitrogens with one attached hydrogen (secondary N) is 2. The van der Waals surface area contributed by atoms with Gasteiger partial charge in [0.25, 0.3) is 0 Å². The molecule has 2 atom stereocenters. The van der Waals surface area contributed by atoms with Gasteiger partial charge in [0.05, 0.1) is 0 Å². The third kappa shape index (κ3) is 4.44. The molecule has 0 aliphatic heterocycles. The second kappa shape index (κ2) is 7.92. The SMILES string of the molecule is C=CNc1cc(-c2cnc(NCC3C=C[C@@H](F)CC3)nc2)ccc1C. The lowest BCUT2D eigenvalue weighted by molar-refractivity contribution is 0.339. The van der Waals surface area contributed by atoms with Crippen molar-refractivity contribution < 1.29 is 4.39 Å². The second-order valence-electron chi connectivity index (χ2n) is 6.29. The van der Waals surface area contributed by atoms with Gasteiger partial charge in [0.1, 0.15) is 6.17 Å². The Morgan fingerprint density at radius 3 is 2.68 bits per heavy atom. The summed E-state index contributed by atoms with van der Waals surface area (Å²) in [5, 5.41) is 6.36. The van der Waals surface area contributed by atoms with Gasteiger partial charge < -0.3 is 10.6 Å². The first-order chi connectivity index (χ1) is 12.2. The van der Waals surface area contributed by atoms with E-state index < -0.39 is 6.17 Å². The van der Waals surface area contributed by atoms with Gasteiger partial charge in [-0.15, -0.1) is 0 Å². The van der Waals surface area contributed by atoms with E-state index in [1.54, 1.807) is 12.3 Å². The molecule has 1 unspecified atom stereocenters. The van der Waals surface area contributed by atoms with Crippen molar-refractivity contribution in [2.24, 2.45) is 5.92 Å². The van der Waals surface area contributed by atoms with Crippen LogP contribution in [0, 0.1) is 12.8 Å². The number of anilines is 2. The third-order valence-electron chi connectivity index (χ3n) is 4.41. The van der Waals surface area contributed by atoms with Crippen LogP contribution >= 0.6 is 0 Å². The van der Waals surface area contributed by atoms with Crippen molar-refractivity contribution in [3.05, 3.63) is 61.1 Å². The fourth-order valence-electron chi connectivity index (χ4n) is 2.87. The summed E-state index contributed by atoms with van der Waals surface area (Å²) in [6.07, 6.45) is 9.53. The van der Waals surface area contributed by atoms with Gasteiger partial charge in [-0.05, 0) is 49.1 Å². The minimum absolute atomic E-state index is 0.333. The predicted molar refractivity (Wildman–Crippen MR) is 101 cm³/mol. The number of rotatable bonds is 6. The fourth-order valence-corrected chi connectivity index (χ4v) is 2.87. The van der Waals surface area contributed by atoms with Gasteiger partial charge in [0.2, 0.25) is 5.95 Å². The Kier molecular flexibility index (Phi) is 5.43. The molecule has 25 heavy (non-hydrogen) atoms. The Balaban J connectivity index is 1.65. The molecule has 0 spiro atoms. The van der Waals surface area contributed by atoms with Crippen LogP contribution in [0.2, 0.25) is 0 Å². The Hall–Kier alpha value is -2.69. The van der Waals surface area contributed by atoms with Gasteiger partial charge in [-0.25, -0.2) is 14.4 Å². The van der Waals surface area contributed by atoms with E-state index in [1.807, 2.05) is 25.4 Å². The van der Waals surface area contributed by atoms with E-state index in [-0.39, 0.29) is 0 Å². The number of alkyl halides is 1. The molecule has 0 saturated carbocycles. The zero-order chi connectivity index (χ0) is 17.6. The Bertz CT molecular complexity index is 755. The number of hydrogen-bond donors (Lipinski definition) is 2. The monoisotopic (exact) mass is 338 g/mol. The van der Waals surface area contributed by atoms with Crippen molar-refractivity contribution in [2.75, 3.05) is 17.2 Å². The van der Waals surface area contributed by atoms with Crippen LogP contribution in [0.1, 0.15) is 18.4 Å². The van der Waals surface area contributed by atoms with Crippen molar-refractivity contribution in [1.82, 2.24) is 9.97 Å². The summed E-state index contributed by atoms with van der Waals surface area (Å²) in [5.41, 5.74) is 4.17. The lowest BCUT2D eigenvalue weighted by Gasteiger charge is -2.18. The quantitative estimate of drug-likeness (QED) is 0.748. The molecule has 1 aromatic heterocycles. The first-order valence-electron chi connectivity index (χ1n) is 8.52. The third-order valence-corrected chi connectivity index (χ3v) is 4.41. The normalized spacial score (nSPS) is 19.4. The molecule has 1 heterocycles. The van der Waals surface area contributed by atoms with Crippen LogP contribution in [0.25, 0.3) is 11.1 Å². The highest BCUT2D eigenvalue weighted by molar-refractivity contribution is 5.69. The number of aryl methyl sites for hydroxylation is 1. The van der Waals surface area contributed by atoms with E-state index in [0.717, 1.165) is 35.3 Å². The van der Waals surface area contributed by atoms with Gasteiger partial charge in [0, 0.05) is 30.2 Å². The number of benzene rings is 1. The zero-order valence-corrected chi connectivity index (χ0v) is 14.4. The molecule has 130 valence electrons.